The second kappa shape index (κ2) is 5.58. The second-order valence-corrected chi connectivity index (χ2v) is 4.36. The minimum absolute atomic E-state index is 0.230. The van der Waals surface area contributed by atoms with E-state index in [2.05, 4.69) is 25.7 Å². The van der Waals surface area contributed by atoms with Gasteiger partial charge in [-0.3, -0.25) is 14.9 Å². The fraction of sp³-hybridized carbons (Fsp3) is 0.143. The van der Waals surface area contributed by atoms with Crippen molar-refractivity contribution >= 4 is 11.7 Å². The largest absolute Gasteiger partial charge is 0.361 e. The average Bonchev–Trinajstić information content (AvgIpc) is 3.17. The smallest absolute Gasteiger partial charge is 0.279 e. The van der Waals surface area contributed by atoms with Crippen LogP contribution >= 0.6 is 0 Å². The van der Waals surface area contributed by atoms with Gasteiger partial charge in [-0.15, -0.1) is 0 Å². The number of aromatic nitrogens is 4. The number of rotatable bonds is 4. The molecule has 0 bridgehead atoms. The first-order valence-corrected chi connectivity index (χ1v) is 6.49. The van der Waals surface area contributed by atoms with Crippen molar-refractivity contribution in [2.24, 2.45) is 0 Å². The SMILES string of the molecule is CCc1cc(C(=O)Nc2[nH]ncc2-c2ccccn2)no1. The summed E-state index contributed by atoms with van der Waals surface area (Å²) in [4.78, 5) is 16.4. The van der Waals surface area contributed by atoms with Gasteiger partial charge in [0, 0.05) is 18.7 Å². The van der Waals surface area contributed by atoms with Crippen molar-refractivity contribution in [2.75, 3.05) is 5.32 Å². The Morgan fingerprint density at radius 2 is 2.33 bits per heavy atom. The third kappa shape index (κ3) is 2.66. The number of aromatic amines is 1. The van der Waals surface area contributed by atoms with Gasteiger partial charge in [-0.05, 0) is 12.1 Å². The summed E-state index contributed by atoms with van der Waals surface area (Å²) < 4.78 is 5.02. The van der Waals surface area contributed by atoms with Gasteiger partial charge < -0.3 is 9.84 Å². The average molecular weight is 283 g/mol. The summed E-state index contributed by atoms with van der Waals surface area (Å²) in [6, 6.07) is 7.15. The highest BCUT2D eigenvalue weighted by atomic mass is 16.5. The highest BCUT2D eigenvalue weighted by molar-refractivity contribution is 6.04. The van der Waals surface area contributed by atoms with E-state index in [1.54, 1.807) is 18.5 Å². The van der Waals surface area contributed by atoms with Crippen molar-refractivity contribution in [1.29, 1.82) is 0 Å². The standard InChI is InChI=1S/C14H13N5O2/c1-2-9-7-12(19-21-9)14(20)17-13-10(8-16-18-13)11-5-3-4-6-15-11/h3-8H,2H2,1H3,(H2,16,17,18,20). The molecule has 0 unspecified atom stereocenters. The molecule has 3 aromatic heterocycles. The predicted molar refractivity (Wildman–Crippen MR) is 75.7 cm³/mol. The number of nitrogens with one attached hydrogen (secondary N) is 2. The number of carbonyl (C=O) groups excluding carboxylic acids is 1. The van der Waals surface area contributed by atoms with Gasteiger partial charge in [0.1, 0.15) is 11.6 Å². The predicted octanol–water partition coefficient (Wildman–Crippen LogP) is 2.27. The lowest BCUT2D eigenvalue weighted by Gasteiger charge is -2.03. The van der Waals surface area contributed by atoms with E-state index in [1.165, 1.54) is 0 Å². The Labute approximate surface area is 120 Å². The Bertz CT molecular complexity index is 748. The van der Waals surface area contributed by atoms with Crippen LogP contribution < -0.4 is 5.32 Å². The number of hydrogen-bond donors (Lipinski definition) is 2. The number of carbonyl (C=O) groups is 1. The molecule has 0 fully saturated rings. The molecule has 3 aromatic rings. The molecule has 1 amide bonds. The van der Waals surface area contributed by atoms with Crippen LogP contribution in [0.1, 0.15) is 23.2 Å². The lowest BCUT2D eigenvalue weighted by atomic mass is 10.2. The molecule has 2 N–H and O–H groups in total. The van der Waals surface area contributed by atoms with Crippen LogP contribution in [0.4, 0.5) is 5.82 Å². The van der Waals surface area contributed by atoms with Gasteiger partial charge in [0.2, 0.25) is 0 Å². The molecule has 21 heavy (non-hydrogen) atoms. The normalized spacial score (nSPS) is 10.5. The van der Waals surface area contributed by atoms with Crippen molar-refractivity contribution in [3.05, 3.63) is 48.1 Å². The zero-order chi connectivity index (χ0) is 14.7. The molecule has 0 atom stereocenters. The van der Waals surface area contributed by atoms with Gasteiger partial charge in [0.15, 0.2) is 5.69 Å². The first kappa shape index (κ1) is 13.0. The van der Waals surface area contributed by atoms with E-state index < -0.39 is 0 Å². The van der Waals surface area contributed by atoms with Crippen LogP contribution in [0.15, 0.2) is 41.2 Å². The maximum Gasteiger partial charge on any atom is 0.279 e. The molecular formula is C14H13N5O2. The maximum absolute atomic E-state index is 12.1. The number of pyridine rings is 1. The third-order valence-corrected chi connectivity index (χ3v) is 2.96. The van der Waals surface area contributed by atoms with Gasteiger partial charge in [0.25, 0.3) is 5.91 Å². The Balaban J connectivity index is 1.83. The van der Waals surface area contributed by atoms with E-state index in [4.69, 9.17) is 4.52 Å². The zero-order valence-corrected chi connectivity index (χ0v) is 11.3. The lowest BCUT2D eigenvalue weighted by molar-refractivity contribution is 0.101. The zero-order valence-electron chi connectivity index (χ0n) is 11.3. The summed E-state index contributed by atoms with van der Waals surface area (Å²) in [5.74, 6) is 0.773. The molecule has 0 saturated carbocycles. The Hall–Kier alpha value is -2.96. The quantitative estimate of drug-likeness (QED) is 0.765. The van der Waals surface area contributed by atoms with Crippen LogP contribution in [0.25, 0.3) is 11.3 Å². The molecule has 106 valence electrons. The lowest BCUT2D eigenvalue weighted by Crippen LogP contribution is -2.13. The van der Waals surface area contributed by atoms with Crippen LogP contribution in [-0.4, -0.2) is 26.2 Å². The molecule has 7 nitrogen and oxygen atoms in total. The Morgan fingerprint density at radius 3 is 3.05 bits per heavy atom. The Morgan fingerprint density at radius 1 is 1.43 bits per heavy atom. The van der Waals surface area contributed by atoms with Gasteiger partial charge >= 0.3 is 0 Å². The van der Waals surface area contributed by atoms with Crippen LogP contribution in [0, 0.1) is 0 Å². The summed E-state index contributed by atoms with van der Waals surface area (Å²) in [5, 5.41) is 13.1. The molecule has 3 heterocycles. The van der Waals surface area contributed by atoms with Gasteiger partial charge in [-0.25, -0.2) is 0 Å². The molecule has 0 aromatic carbocycles. The molecule has 0 radical (unpaired) electrons. The van der Waals surface area contributed by atoms with Crippen LogP contribution in [-0.2, 0) is 6.42 Å². The number of amides is 1. The molecule has 0 aliphatic carbocycles. The summed E-state index contributed by atoms with van der Waals surface area (Å²) in [7, 11) is 0. The molecule has 0 saturated heterocycles. The van der Waals surface area contributed by atoms with E-state index in [-0.39, 0.29) is 11.6 Å². The number of aryl methyl sites for hydroxylation is 1. The van der Waals surface area contributed by atoms with Crippen LogP contribution in [0.2, 0.25) is 0 Å². The monoisotopic (exact) mass is 283 g/mol. The van der Waals surface area contributed by atoms with E-state index in [0.717, 1.165) is 5.69 Å². The number of anilines is 1. The summed E-state index contributed by atoms with van der Waals surface area (Å²) in [5.41, 5.74) is 1.66. The van der Waals surface area contributed by atoms with Crippen molar-refractivity contribution in [3.63, 3.8) is 0 Å². The van der Waals surface area contributed by atoms with Crippen LogP contribution in [0.3, 0.4) is 0 Å². The minimum Gasteiger partial charge on any atom is -0.361 e. The highest BCUT2D eigenvalue weighted by Gasteiger charge is 2.16. The molecule has 3 rings (SSSR count). The Kier molecular flexibility index (Phi) is 3.46. The number of hydrogen-bond acceptors (Lipinski definition) is 5. The van der Waals surface area contributed by atoms with E-state index in [0.29, 0.717) is 23.6 Å². The first-order valence-electron chi connectivity index (χ1n) is 6.49. The summed E-state index contributed by atoms with van der Waals surface area (Å²) >= 11 is 0. The topological polar surface area (TPSA) is 96.7 Å². The van der Waals surface area contributed by atoms with Crippen molar-refractivity contribution in [2.45, 2.75) is 13.3 Å². The van der Waals surface area contributed by atoms with E-state index in [9.17, 15) is 4.79 Å². The molecule has 0 aliphatic heterocycles. The molecule has 0 aliphatic rings. The maximum atomic E-state index is 12.1. The highest BCUT2D eigenvalue weighted by Crippen LogP contribution is 2.23. The van der Waals surface area contributed by atoms with Gasteiger partial charge in [-0.2, -0.15) is 5.10 Å². The van der Waals surface area contributed by atoms with Gasteiger partial charge in [-0.1, -0.05) is 18.1 Å². The molecular weight excluding hydrogens is 270 g/mol. The summed E-state index contributed by atoms with van der Waals surface area (Å²) in [6.07, 6.45) is 3.97. The molecule has 0 spiro atoms. The first-order chi connectivity index (χ1) is 10.3. The summed E-state index contributed by atoms with van der Waals surface area (Å²) in [6.45, 7) is 1.93. The number of H-pyrrole nitrogens is 1. The van der Waals surface area contributed by atoms with E-state index in [1.807, 2.05) is 25.1 Å². The fourth-order valence-corrected chi connectivity index (χ4v) is 1.86. The van der Waals surface area contributed by atoms with Crippen molar-refractivity contribution in [1.82, 2.24) is 20.3 Å². The molecule has 7 heteroatoms. The van der Waals surface area contributed by atoms with Crippen molar-refractivity contribution < 1.29 is 9.32 Å². The fourth-order valence-electron chi connectivity index (χ4n) is 1.86. The third-order valence-electron chi connectivity index (χ3n) is 2.96. The van der Waals surface area contributed by atoms with Crippen molar-refractivity contribution in [3.8, 4) is 11.3 Å². The second-order valence-electron chi connectivity index (χ2n) is 4.36. The number of nitrogens with zero attached hydrogens (tertiary/aromatic N) is 3. The van der Waals surface area contributed by atoms with Gasteiger partial charge in [0.05, 0.1) is 17.5 Å². The van der Waals surface area contributed by atoms with E-state index >= 15 is 0 Å². The van der Waals surface area contributed by atoms with Crippen LogP contribution in [0.5, 0.6) is 0 Å². The minimum atomic E-state index is -0.361.